The fourth-order valence-corrected chi connectivity index (χ4v) is 1.51. The van der Waals surface area contributed by atoms with Crippen LogP contribution in [0, 0.1) is 5.92 Å². The van der Waals surface area contributed by atoms with Crippen molar-refractivity contribution in [1.29, 1.82) is 0 Å². The minimum atomic E-state index is 0.502. The van der Waals surface area contributed by atoms with Crippen molar-refractivity contribution >= 4 is 29.2 Å². The van der Waals surface area contributed by atoms with E-state index in [4.69, 9.17) is 11.6 Å². The van der Waals surface area contributed by atoms with Gasteiger partial charge in [0.05, 0.1) is 0 Å². The van der Waals surface area contributed by atoms with Gasteiger partial charge in [0.2, 0.25) is 0 Å². The Morgan fingerprint density at radius 1 is 1.64 bits per heavy atom. The van der Waals surface area contributed by atoms with Gasteiger partial charge < -0.3 is 0 Å². The average molecular weight is 192 g/mol. The summed E-state index contributed by atoms with van der Waals surface area (Å²) in [5.74, 6) is 0.610. The number of hydrogen-bond donors (Lipinski definition) is 0. The van der Waals surface area contributed by atoms with E-state index >= 15 is 0 Å². The Hall–Kier alpha value is 0.0500. The molecular formula is C8H14ClNS. The molecule has 0 aromatic rings. The molecule has 0 saturated carbocycles. The molecule has 0 aliphatic heterocycles. The highest BCUT2D eigenvalue weighted by Crippen LogP contribution is 2.23. The Bertz CT molecular complexity index is 134. The first-order valence-electron chi connectivity index (χ1n) is 3.61. The van der Waals surface area contributed by atoms with E-state index < -0.39 is 0 Å². The van der Waals surface area contributed by atoms with Gasteiger partial charge in [-0.3, -0.25) is 0 Å². The Labute approximate surface area is 78.1 Å². The van der Waals surface area contributed by atoms with Crippen molar-refractivity contribution in [2.45, 2.75) is 25.5 Å². The fourth-order valence-electron chi connectivity index (χ4n) is 0.702. The van der Waals surface area contributed by atoms with Gasteiger partial charge in [-0.25, -0.2) is 4.40 Å². The SMILES string of the molecule is C=CCC(S/N=C/Cl)C(C)C. The molecule has 0 N–H and O–H groups in total. The lowest BCUT2D eigenvalue weighted by Crippen LogP contribution is -2.08. The quantitative estimate of drug-likeness (QED) is 0.368. The second-order valence-electron chi connectivity index (χ2n) is 2.62. The van der Waals surface area contributed by atoms with Crippen LogP contribution >= 0.6 is 23.5 Å². The molecule has 0 aliphatic rings. The molecule has 1 atom stereocenters. The van der Waals surface area contributed by atoms with Gasteiger partial charge in [-0.2, -0.15) is 0 Å². The van der Waals surface area contributed by atoms with Gasteiger partial charge in [-0.1, -0.05) is 31.5 Å². The maximum absolute atomic E-state index is 5.31. The molecule has 0 amide bonds. The van der Waals surface area contributed by atoms with Crippen LogP contribution in [0.1, 0.15) is 20.3 Å². The van der Waals surface area contributed by atoms with Crippen molar-refractivity contribution in [1.82, 2.24) is 0 Å². The van der Waals surface area contributed by atoms with Gasteiger partial charge in [0.1, 0.15) is 5.67 Å². The lowest BCUT2D eigenvalue weighted by atomic mass is 10.1. The highest BCUT2D eigenvalue weighted by molar-refractivity contribution is 7.98. The van der Waals surface area contributed by atoms with Crippen LogP contribution in [0.3, 0.4) is 0 Å². The first kappa shape index (κ1) is 11.1. The Morgan fingerprint density at radius 3 is 2.64 bits per heavy atom. The molecule has 0 heterocycles. The van der Waals surface area contributed by atoms with Gasteiger partial charge in [-0.05, 0) is 24.3 Å². The second kappa shape index (κ2) is 6.74. The lowest BCUT2D eigenvalue weighted by Gasteiger charge is -2.14. The molecule has 0 fully saturated rings. The predicted molar refractivity (Wildman–Crippen MR) is 55.4 cm³/mol. The smallest absolute Gasteiger partial charge is 0.101 e. The van der Waals surface area contributed by atoms with E-state index in [1.807, 2.05) is 6.08 Å². The maximum atomic E-state index is 5.31. The molecule has 0 radical (unpaired) electrons. The number of nitrogens with zero attached hydrogens (tertiary/aromatic N) is 1. The van der Waals surface area contributed by atoms with Crippen LogP contribution in [0.25, 0.3) is 0 Å². The summed E-state index contributed by atoms with van der Waals surface area (Å²) >= 11 is 6.83. The largest absolute Gasteiger partial charge is 0.212 e. The summed E-state index contributed by atoms with van der Waals surface area (Å²) in [6.45, 7) is 8.04. The van der Waals surface area contributed by atoms with Crippen LogP contribution in [0.5, 0.6) is 0 Å². The van der Waals surface area contributed by atoms with E-state index in [0.717, 1.165) is 6.42 Å². The first-order chi connectivity index (χ1) is 5.22. The van der Waals surface area contributed by atoms with Crippen molar-refractivity contribution in [3.63, 3.8) is 0 Å². The van der Waals surface area contributed by atoms with Crippen molar-refractivity contribution in [2.75, 3.05) is 0 Å². The molecule has 1 unspecified atom stereocenters. The average Bonchev–Trinajstić information content (AvgIpc) is 1.97. The molecule has 64 valence electrons. The van der Waals surface area contributed by atoms with E-state index in [2.05, 4.69) is 24.8 Å². The van der Waals surface area contributed by atoms with Crippen LogP contribution in [0.2, 0.25) is 0 Å². The summed E-state index contributed by atoms with van der Waals surface area (Å²) in [5.41, 5.74) is 1.31. The molecule has 0 rings (SSSR count). The molecule has 0 aromatic heterocycles. The summed E-state index contributed by atoms with van der Waals surface area (Å²) in [5, 5.41) is 0.502. The number of halogens is 1. The van der Waals surface area contributed by atoms with Gasteiger partial charge >= 0.3 is 0 Å². The molecule has 11 heavy (non-hydrogen) atoms. The van der Waals surface area contributed by atoms with Gasteiger partial charge in [0.25, 0.3) is 0 Å². The van der Waals surface area contributed by atoms with Crippen LogP contribution in [0.4, 0.5) is 0 Å². The molecule has 0 saturated heterocycles. The summed E-state index contributed by atoms with van der Waals surface area (Å²) < 4.78 is 3.92. The molecule has 0 aliphatic carbocycles. The third-order valence-corrected chi connectivity index (χ3v) is 2.83. The maximum Gasteiger partial charge on any atom is 0.101 e. The van der Waals surface area contributed by atoms with Gasteiger partial charge in [0, 0.05) is 5.25 Å². The van der Waals surface area contributed by atoms with Crippen LogP contribution in [-0.4, -0.2) is 10.9 Å². The monoisotopic (exact) mass is 191 g/mol. The summed E-state index contributed by atoms with van der Waals surface area (Å²) in [7, 11) is 0. The second-order valence-corrected chi connectivity index (χ2v) is 3.84. The van der Waals surface area contributed by atoms with Gasteiger partial charge in [-0.15, -0.1) is 6.58 Å². The molecule has 0 spiro atoms. The van der Waals surface area contributed by atoms with Crippen molar-refractivity contribution in [2.24, 2.45) is 10.3 Å². The van der Waals surface area contributed by atoms with Crippen LogP contribution in [-0.2, 0) is 0 Å². The Kier molecular flexibility index (Phi) is 6.77. The summed E-state index contributed by atoms with van der Waals surface area (Å²) in [6.07, 6.45) is 2.90. The van der Waals surface area contributed by atoms with Crippen molar-refractivity contribution < 1.29 is 0 Å². The highest BCUT2D eigenvalue weighted by atomic mass is 35.5. The minimum absolute atomic E-state index is 0.502. The zero-order valence-electron chi connectivity index (χ0n) is 6.96. The number of hydrogen-bond acceptors (Lipinski definition) is 2. The van der Waals surface area contributed by atoms with E-state index in [0.29, 0.717) is 11.2 Å². The van der Waals surface area contributed by atoms with Crippen molar-refractivity contribution in [3.8, 4) is 0 Å². The topological polar surface area (TPSA) is 12.4 Å². The number of rotatable bonds is 5. The minimum Gasteiger partial charge on any atom is -0.212 e. The first-order valence-corrected chi connectivity index (χ1v) is 4.88. The van der Waals surface area contributed by atoms with Crippen molar-refractivity contribution in [3.05, 3.63) is 12.7 Å². The standard InChI is InChI=1S/C8H14ClNS/c1-4-5-8(7(2)3)11-10-6-9/h4,6-8H,1,5H2,2-3H3/b10-6+. The van der Waals surface area contributed by atoms with Crippen LogP contribution in [0.15, 0.2) is 17.1 Å². The lowest BCUT2D eigenvalue weighted by molar-refractivity contribution is 0.612. The van der Waals surface area contributed by atoms with E-state index in [-0.39, 0.29) is 0 Å². The Morgan fingerprint density at radius 2 is 2.27 bits per heavy atom. The molecule has 1 nitrogen and oxygen atoms in total. The zero-order chi connectivity index (χ0) is 8.69. The summed E-state index contributed by atoms with van der Waals surface area (Å²) in [6, 6.07) is 0. The predicted octanol–water partition coefficient (Wildman–Crippen LogP) is 3.50. The summed E-state index contributed by atoms with van der Waals surface area (Å²) in [4.78, 5) is 0. The molecule has 3 heteroatoms. The Balaban J connectivity index is 3.78. The highest BCUT2D eigenvalue weighted by Gasteiger charge is 2.10. The third-order valence-electron chi connectivity index (χ3n) is 1.38. The zero-order valence-corrected chi connectivity index (χ0v) is 8.53. The van der Waals surface area contributed by atoms with Gasteiger partial charge in [0.15, 0.2) is 0 Å². The fraction of sp³-hybridized carbons (Fsp3) is 0.625. The molecular weight excluding hydrogens is 178 g/mol. The number of allylic oxidation sites excluding steroid dienone is 1. The third kappa shape index (κ3) is 5.33. The van der Waals surface area contributed by atoms with E-state index in [9.17, 15) is 0 Å². The normalized spacial score (nSPS) is 14.2. The van der Waals surface area contributed by atoms with E-state index in [1.54, 1.807) is 0 Å². The van der Waals surface area contributed by atoms with E-state index in [1.165, 1.54) is 17.6 Å². The van der Waals surface area contributed by atoms with Crippen LogP contribution < -0.4 is 0 Å². The molecule has 0 aromatic carbocycles. The molecule has 0 bridgehead atoms.